The number of carboxylic acid groups (broad SMARTS) is 1. The van der Waals surface area contributed by atoms with Gasteiger partial charge in [0, 0.05) is 37.7 Å². The van der Waals surface area contributed by atoms with Crippen molar-refractivity contribution >= 4 is 28.6 Å². The lowest BCUT2D eigenvalue weighted by Crippen LogP contribution is -2.32. The Morgan fingerprint density at radius 2 is 2.04 bits per heavy atom. The van der Waals surface area contributed by atoms with Crippen LogP contribution in [-0.4, -0.2) is 68.4 Å². The van der Waals surface area contributed by atoms with Crippen LogP contribution in [0.2, 0.25) is 0 Å². The van der Waals surface area contributed by atoms with Gasteiger partial charge in [0.05, 0.1) is 22.9 Å². The highest BCUT2D eigenvalue weighted by Crippen LogP contribution is 2.22. The minimum Gasteiger partial charge on any atom is -0.503 e. The van der Waals surface area contributed by atoms with E-state index in [-0.39, 0.29) is 42.9 Å². The number of aliphatic hydroxyl groups excluding tert-OH is 1. The number of amides is 2. The molecule has 0 saturated carbocycles. The Balaban J connectivity index is 2.10. The van der Waals surface area contributed by atoms with E-state index in [1.807, 2.05) is 0 Å². The molecule has 1 aromatic carbocycles. The fourth-order valence-electron chi connectivity index (χ4n) is 2.87. The molecule has 1 unspecified atom stereocenters. The summed E-state index contributed by atoms with van der Waals surface area (Å²) >= 11 is 0. The zero-order chi connectivity index (χ0) is 21.0. The summed E-state index contributed by atoms with van der Waals surface area (Å²) in [6, 6.07) is 3.77. The Labute approximate surface area is 163 Å². The molecule has 152 valence electrons. The molecule has 0 fully saturated rings. The molecule has 1 aliphatic rings. The fraction of sp³-hybridized carbons (Fsp3) is 0.389. The first-order valence-electron chi connectivity index (χ1n) is 8.42. The van der Waals surface area contributed by atoms with E-state index >= 15 is 0 Å². The van der Waals surface area contributed by atoms with Crippen LogP contribution in [0.5, 0.6) is 0 Å². The van der Waals surface area contributed by atoms with E-state index in [0.717, 1.165) is 6.07 Å². The van der Waals surface area contributed by atoms with Crippen LogP contribution in [-0.2, 0) is 31.7 Å². The summed E-state index contributed by atoms with van der Waals surface area (Å²) in [7, 11) is -0.00793. The second-order valence-electron chi connectivity index (χ2n) is 6.42. The van der Waals surface area contributed by atoms with Crippen LogP contribution in [0, 0.1) is 5.82 Å². The van der Waals surface area contributed by atoms with Gasteiger partial charge in [0.15, 0.2) is 5.76 Å². The molecule has 2 rings (SSSR count). The van der Waals surface area contributed by atoms with Gasteiger partial charge in [0.25, 0.3) is 11.8 Å². The van der Waals surface area contributed by atoms with E-state index in [1.54, 1.807) is 0 Å². The summed E-state index contributed by atoms with van der Waals surface area (Å²) < 4.78 is 25.2. The van der Waals surface area contributed by atoms with Crippen LogP contribution in [0.15, 0.2) is 34.4 Å². The van der Waals surface area contributed by atoms with Crippen LogP contribution in [0.25, 0.3) is 0 Å². The quantitative estimate of drug-likeness (QED) is 0.659. The average Bonchev–Trinajstić information content (AvgIpc) is 2.90. The Hall–Kier alpha value is -2.75. The number of aliphatic hydroxyl groups is 1. The highest BCUT2D eigenvalue weighted by molar-refractivity contribution is 7.84. The molecular formula is C18H21FN2O6S. The van der Waals surface area contributed by atoms with Gasteiger partial charge in [0.2, 0.25) is 0 Å². The SMILES string of the molecule is CN(Cc1ccc(F)cc1S(C)=O)C(=O)C1=C(O)C(=O)N(CCCC(=O)O)C1. The van der Waals surface area contributed by atoms with Crippen LogP contribution < -0.4 is 0 Å². The van der Waals surface area contributed by atoms with E-state index in [0.29, 0.717) is 5.56 Å². The maximum atomic E-state index is 13.4. The molecule has 0 aromatic heterocycles. The number of hydrogen-bond donors (Lipinski definition) is 2. The lowest BCUT2D eigenvalue weighted by molar-refractivity contribution is -0.137. The third-order valence-corrected chi connectivity index (χ3v) is 5.29. The summed E-state index contributed by atoms with van der Waals surface area (Å²) in [6.45, 7) is -0.00588. The maximum absolute atomic E-state index is 13.4. The van der Waals surface area contributed by atoms with Crippen molar-refractivity contribution in [3.05, 3.63) is 40.9 Å². The van der Waals surface area contributed by atoms with Crippen LogP contribution in [0.1, 0.15) is 18.4 Å². The number of carbonyl (C=O) groups excluding carboxylic acids is 2. The number of aliphatic carboxylic acids is 1. The van der Waals surface area contributed by atoms with Crippen molar-refractivity contribution in [2.24, 2.45) is 0 Å². The molecule has 10 heteroatoms. The number of hydrogen-bond acceptors (Lipinski definition) is 5. The smallest absolute Gasteiger partial charge is 0.303 e. The number of rotatable bonds is 8. The Morgan fingerprint density at radius 3 is 2.64 bits per heavy atom. The van der Waals surface area contributed by atoms with Gasteiger partial charge in [-0.15, -0.1) is 0 Å². The molecule has 1 aromatic rings. The normalized spacial score (nSPS) is 15.1. The highest BCUT2D eigenvalue weighted by atomic mass is 32.2. The molecule has 2 amide bonds. The van der Waals surface area contributed by atoms with E-state index in [9.17, 15) is 28.1 Å². The Kier molecular flexibility index (Phi) is 6.90. The van der Waals surface area contributed by atoms with E-state index in [2.05, 4.69) is 0 Å². The first-order valence-corrected chi connectivity index (χ1v) is 9.98. The molecule has 0 bridgehead atoms. The molecule has 1 heterocycles. The summed E-state index contributed by atoms with van der Waals surface area (Å²) in [5, 5.41) is 18.7. The van der Waals surface area contributed by atoms with Crippen LogP contribution in [0.4, 0.5) is 4.39 Å². The largest absolute Gasteiger partial charge is 0.503 e. The first-order chi connectivity index (χ1) is 13.1. The van der Waals surface area contributed by atoms with Crippen LogP contribution >= 0.6 is 0 Å². The molecule has 0 spiro atoms. The van der Waals surface area contributed by atoms with Gasteiger partial charge in [-0.05, 0) is 24.1 Å². The second kappa shape index (κ2) is 8.96. The summed E-state index contributed by atoms with van der Waals surface area (Å²) in [4.78, 5) is 38.0. The summed E-state index contributed by atoms with van der Waals surface area (Å²) in [5.74, 6) is -3.52. The van der Waals surface area contributed by atoms with Gasteiger partial charge >= 0.3 is 5.97 Å². The molecule has 0 saturated heterocycles. The molecular weight excluding hydrogens is 391 g/mol. The van der Waals surface area contributed by atoms with Crippen molar-refractivity contribution in [3.63, 3.8) is 0 Å². The standard InChI is InChI=1S/C18H21FN2O6S/c1-20(9-11-5-6-12(19)8-14(11)28(2)27)17(25)13-10-21(18(26)16(13)24)7-3-4-15(22)23/h5-6,8,24H,3-4,7,9-10H2,1-2H3,(H,22,23). The lowest BCUT2D eigenvalue weighted by atomic mass is 10.1. The maximum Gasteiger partial charge on any atom is 0.303 e. The van der Waals surface area contributed by atoms with Gasteiger partial charge < -0.3 is 20.0 Å². The topological polar surface area (TPSA) is 115 Å². The highest BCUT2D eigenvalue weighted by Gasteiger charge is 2.35. The van der Waals surface area contributed by atoms with Crippen LogP contribution in [0.3, 0.4) is 0 Å². The number of carboxylic acids is 1. The van der Waals surface area contributed by atoms with E-state index < -0.39 is 40.2 Å². The monoisotopic (exact) mass is 412 g/mol. The second-order valence-corrected chi connectivity index (χ2v) is 7.77. The van der Waals surface area contributed by atoms with Gasteiger partial charge in [-0.2, -0.15) is 0 Å². The van der Waals surface area contributed by atoms with Gasteiger partial charge in [0.1, 0.15) is 5.82 Å². The zero-order valence-electron chi connectivity index (χ0n) is 15.5. The van der Waals surface area contributed by atoms with Gasteiger partial charge in [-0.1, -0.05) is 6.07 Å². The molecule has 0 aliphatic carbocycles. The van der Waals surface area contributed by atoms with Crippen molar-refractivity contribution in [1.29, 1.82) is 0 Å². The molecule has 8 nitrogen and oxygen atoms in total. The molecule has 1 atom stereocenters. The molecule has 2 N–H and O–H groups in total. The van der Waals surface area contributed by atoms with E-state index in [1.165, 1.54) is 35.2 Å². The lowest BCUT2D eigenvalue weighted by Gasteiger charge is -2.20. The van der Waals surface area contributed by atoms with Crippen molar-refractivity contribution in [1.82, 2.24) is 9.80 Å². The minimum atomic E-state index is -1.46. The Morgan fingerprint density at radius 1 is 1.36 bits per heavy atom. The van der Waals surface area contributed by atoms with Gasteiger partial charge in [-0.3, -0.25) is 18.6 Å². The zero-order valence-corrected chi connectivity index (χ0v) is 16.3. The third kappa shape index (κ3) is 4.94. The number of carbonyl (C=O) groups is 3. The number of nitrogens with zero attached hydrogens (tertiary/aromatic N) is 2. The third-order valence-electron chi connectivity index (χ3n) is 4.29. The van der Waals surface area contributed by atoms with Crippen molar-refractivity contribution in [2.75, 3.05) is 26.4 Å². The van der Waals surface area contributed by atoms with Gasteiger partial charge in [-0.25, -0.2) is 4.39 Å². The van der Waals surface area contributed by atoms with Crippen molar-refractivity contribution < 1.29 is 33.2 Å². The molecule has 0 radical (unpaired) electrons. The Bertz CT molecular complexity index is 870. The predicted molar refractivity (Wildman–Crippen MR) is 98.3 cm³/mol. The van der Waals surface area contributed by atoms with E-state index in [4.69, 9.17) is 5.11 Å². The average molecular weight is 412 g/mol. The van der Waals surface area contributed by atoms with Crippen molar-refractivity contribution in [2.45, 2.75) is 24.3 Å². The number of likely N-dealkylation sites (N-methyl/N-ethyl adjacent to an activating group) is 1. The number of benzene rings is 1. The summed E-state index contributed by atoms with van der Waals surface area (Å²) in [6.07, 6.45) is 1.47. The first kappa shape index (κ1) is 21.5. The molecule has 1 aliphatic heterocycles. The minimum absolute atomic E-state index is 0.0119. The molecule has 28 heavy (non-hydrogen) atoms. The fourth-order valence-corrected chi connectivity index (χ4v) is 3.65. The number of halogens is 1. The van der Waals surface area contributed by atoms with Crippen molar-refractivity contribution in [3.8, 4) is 0 Å². The predicted octanol–water partition coefficient (Wildman–Crippen LogP) is 1.04. The summed E-state index contributed by atoms with van der Waals surface area (Å²) in [5.41, 5.74) is 0.393.